The summed E-state index contributed by atoms with van der Waals surface area (Å²) < 4.78 is 0. The molecule has 92 valence electrons. The van der Waals surface area contributed by atoms with Crippen LogP contribution in [0.2, 0.25) is 0 Å². The molecule has 1 spiro atoms. The van der Waals surface area contributed by atoms with E-state index in [2.05, 4.69) is 23.2 Å². The Hall–Kier alpha value is -0.0500. The summed E-state index contributed by atoms with van der Waals surface area (Å²) in [7, 11) is 0. The Kier molecular flexibility index (Phi) is 4.28. The molecule has 1 atom stereocenters. The minimum Gasteiger partial charge on any atom is -0.311 e. The smallest absolute Gasteiger partial charge is 0.0338 e. The molecule has 0 aromatic rings. The second-order valence-electron chi connectivity index (χ2n) is 5.33. The number of hydrogen-bond acceptors (Lipinski definition) is 2. The topological polar surface area (TPSA) is 15.3 Å². The summed E-state index contributed by atoms with van der Waals surface area (Å²) in [5, 5.41) is 3.65. The maximum Gasteiger partial charge on any atom is 0.0338 e. The van der Waals surface area contributed by atoms with E-state index >= 15 is 0 Å². The summed E-state index contributed by atoms with van der Waals surface area (Å²) >= 11 is 5.66. The van der Waals surface area contributed by atoms with E-state index in [1.807, 2.05) is 0 Å². The van der Waals surface area contributed by atoms with Crippen LogP contribution in [0.25, 0.3) is 0 Å². The molecule has 3 heteroatoms. The van der Waals surface area contributed by atoms with Crippen molar-refractivity contribution in [2.45, 2.75) is 50.6 Å². The number of nitrogens with zero attached hydrogens (tertiary/aromatic N) is 1. The fourth-order valence-corrected chi connectivity index (χ4v) is 3.28. The van der Waals surface area contributed by atoms with Crippen LogP contribution >= 0.6 is 11.6 Å². The third-order valence-electron chi connectivity index (χ3n) is 4.14. The van der Waals surface area contributed by atoms with E-state index in [0.29, 0.717) is 11.6 Å². The number of rotatable bonds is 2. The van der Waals surface area contributed by atoms with E-state index in [1.54, 1.807) is 5.54 Å². The first kappa shape index (κ1) is 12.4. The van der Waals surface area contributed by atoms with E-state index in [4.69, 9.17) is 11.6 Å². The zero-order valence-electron chi connectivity index (χ0n) is 10.2. The quantitative estimate of drug-likeness (QED) is 0.801. The summed E-state index contributed by atoms with van der Waals surface area (Å²) in [6.07, 6.45) is 8.96. The Morgan fingerprint density at radius 3 is 2.81 bits per heavy atom. The Bertz CT molecular complexity index is 246. The van der Waals surface area contributed by atoms with Crippen molar-refractivity contribution in [1.29, 1.82) is 0 Å². The van der Waals surface area contributed by atoms with Gasteiger partial charge in [0.15, 0.2) is 0 Å². The Balaban J connectivity index is 2.06. The monoisotopic (exact) mass is 242 g/mol. The van der Waals surface area contributed by atoms with Crippen molar-refractivity contribution in [2.24, 2.45) is 0 Å². The SMILES string of the molecule is CC1CN(C/C=C/Cl)C2(CCCCC2)CN1. The second kappa shape index (κ2) is 5.52. The van der Waals surface area contributed by atoms with E-state index in [1.165, 1.54) is 32.1 Å². The number of piperazine rings is 1. The maximum atomic E-state index is 5.66. The summed E-state index contributed by atoms with van der Waals surface area (Å²) in [6.45, 7) is 5.59. The number of halogens is 1. The van der Waals surface area contributed by atoms with Crippen molar-refractivity contribution in [3.05, 3.63) is 11.6 Å². The van der Waals surface area contributed by atoms with Gasteiger partial charge in [0.1, 0.15) is 0 Å². The van der Waals surface area contributed by atoms with Gasteiger partial charge in [0.05, 0.1) is 0 Å². The Labute approximate surface area is 104 Å². The summed E-state index contributed by atoms with van der Waals surface area (Å²) in [5.74, 6) is 0. The van der Waals surface area contributed by atoms with Crippen molar-refractivity contribution in [3.8, 4) is 0 Å². The standard InChI is InChI=1S/C13H23ClN2/c1-12-10-16(9-5-8-14)13(11-15-12)6-3-2-4-7-13/h5,8,12,15H,2-4,6-7,9-11H2,1H3/b8-5+. The fraction of sp³-hybridized carbons (Fsp3) is 0.846. The molecule has 1 aliphatic carbocycles. The van der Waals surface area contributed by atoms with Gasteiger partial charge in [0, 0.05) is 36.8 Å². The average molecular weight is 243 g/mol. The highest BCUT2D eigenvalue weighted by Gasteiger charge is 2.40. The predicted octanol–water partition coefficient (Wildman–Crippen LogP) is 2.74. The molecule has 1 aliphatic heterocycles. The highest BCUT2D eigenvalue weighted by molar-refractivity contribution is 6.25. The minimum atomic E-state index is 0.418. The van der Waals surface area contributed by atoms with Crippen LogP contribution in [0, 0.1) is 0 Å². The van der Waals surface area contributed by atoms with Crippen LogP contribution in [-0.4, -0.2) is 36.1 Å². The van der Waals surface area contributed by atoms with Crippen LogP contribution in [0.5, 0.6) is 0 Å². The molecular formula is C13H23ClN2. The first-order valence-electron chi connectivity index (χ1n) is 6.50. The van der Waals surface area contributed by atoms with Gasteiger partial charge >= 0.3 is 0 Å². The van der Waals surface area contributed by atoms with Gasteiger partial charge in [0.2, 0.25) is 0 Å². The van der Waals surface area contributed by atoms with Gasteiger partial charge in [-0.3, -0.25) is 4.90 Å². The minimum absolute atomic E-state index is 0.418. The molecule has 0 radical (unpaired) electrons. The van der Waals surface area contributed by atoms with Gasteiger partial charge < -0.3 is 5.32 Å². The molecule has 1 saturated heterocycles. The number of hydrogen-bond donors (Lipinski definition) is 1. The van der Waals surface area contributed by atoms with Gasteiger partial charge in [-0.1, -0.05) is 36.9 Å². The zero-order chi connectivity index (χ0) is 11.4. The molecule has 0 aromatic carbocycles. The van der Waals surface area contributed by atoms with Crippen LogP contribution in [0.15, 0.2) is 11.6 Å². The van der Waals surface area contributed by atoms with Crippen molar-refractivity contribution >= 4 is 11.6 Å². The molecule has 1 unspecified atom stereocenters. The van der Waals surface area contributed by atoms with Crippen LogP contribution in [0.3, 0.4) is 0 Å². The van der Waals surface area contributed by atoms with E-state index in [-0.39, 0.29) is 0 Å². The molecule has 0 amide bonds. The Morgan fingerprint density at radius 1 is 1.38 bits per heavy atom. The van der Waals surface area contributed by atoms with Gasteiger partial charge in [-0.2, -0.15) is 0 Å². The molecule has 16 heavy (non-hydrogen) atoms. The highest BCUT2D eigenvalue weighted by atomic mass is 35.5. The van der Waals surface area contributed by atoms with Crippen molar-refractivity contribution in [1.82, 2.24) is 10.2 Å². The first-order chi connectivity index (χ1) is 7.77. The van der Waals surface area contributed by atoms with Gasteiger partial charge in [0.25, 0.3) is 0 Å². The van der Waals surface area contributed by atoms with Crippen molar-refractivity contribution in [3.63, 3.8) is 0 Å². The lowest BCUT2D eigenvalue weighted by molar-refractivity contribution is 0.0224. The summed E-state index contributed by atoms with van der Waals surface area (Å²) in [6, 6.07) is 0.608. The summed E-state index contributed by atoms with van der Waals surface area (Å²) in [4.78, 5) is 2.65. The normalized spacial score (nSPS) is 31.2. The highest BCUT2D eigenvalue weighted by Crippen LogP contribution is 2.35. The molecule has 1 N–H and O–H groups in total. The molecule has 0 bridgehead atoms. The van der Waals surface area contributed by atoms with Gasteiger partial charge in [-0.25, -0.2) is 0 Å². The molecule has 0 aromatic heterocycles. The molecule has 2 nitrogen and oxygen atoms in total. The van der Waals surface area contributed by atoms with E-state index in [9.17, 15) is 0 Å². The first-order valence-corrected chi connectivity index (χ1v) is 6.94. The second-order valence-corrected chi connectivity index (χ2v) is 5.59. The van der Waals surface area contributed by atoms with Gasteiger partial charge in [-0.15, -0.1) is 0 Å². The molecule has 1 saturated carbocycles. The third kappa shape index (κ3) is 2.61. The molecule has 2 aliphatic rings. The van der Waals surface area contributed by atoms with Crippen LogP contribution in [0.1, 0.15) is 39.0 Å². The lowest BCUT2D eigenvalue weighted by Crippen LogP contribution is -2.64. The zero-order valence-corrected chi connectivity index (χ0v) is 11.0. The maximum absolute atomic E-state index is 5.66. The largest absolute Gasteiger partial charge is 0.311 e. The lowest BCUT2D eigenvalue weighted by Gasteiger charge is -2.51. The van der Waals surface area contributed by atoms with Crippen molar-refractivity contribution < 1.29 is 0 Å². The molecule has 1 heterocycles. The lowest BCUT2D eigenvalue weighted by atomic mass is 9.78. The van der Waals surface area contributed by atoms with Gasteiger partial charge in [-0.05, 0) is 19.8 Å². The Morgan fingerprint density at radius 2 is 2.12 bits per heavy atom. The fourth-order valence-electron chi connectivity index (χ4n) is 3.20. The molecular weight excluding hydrogens is 220 g/mol. The van der Waals surface area contributed by atoms with Crippen LogP contribution in [0.4, 0.5) is 0 Å². The molecule has 2 rings (SSSR count). The van der Waals surface area contributed by atoms with Crippen LogP contribution in [-0.2, 0) is 0 Å². The number of nitrogens with one attached hydrogen (secondary N) is 1. The summed E-state index contributed by atoms with van der Waals surface area (Å²) in [5.41, 5.74) is 2.07. The van der Waals surface area contributed by atoms with Crippen molar-refractivity contribution in [2.75, 3.05) is 19.6 Å². The van der Waals surface area contributed by atoms with E-state index < -0.39 is 0 Å². The average Bonchev–Trinajstić information content (AvgIpc) is 2.32. The van der Waals surface area contributed by atoms with E-state index in [0.717, 1.165) is 19.6 Å². The van der Waals surface area contributed by atoms with Crippen LogP contribution < -0.4 is 5.32 Å². The predicted molar refractivity (Wildman–Crippen MR) is 69.8 cm³/mol. The molecule has 2 fully saturated rings. The third-order valence-corrected chi connectivity index (χ3v) is 4.32.